The predicted molar refractivity (Wildman–Crippen MR) is 125 cm³/mol. The zero-order valence-electron chi connectivity index (χ0n) is 16.7. The van der Waals surface area contributed by atoms with Gasteiger partial charge in [-0.05, 0) is 24.3 Å². The molecule has 0 aromatic heterocycles. The van der Waals surface area contributed by atoms with Crippen LogP contribution < -0.4 is 14.2 Å². The van der Waals surface area contributed by atoms with Crippen molar-refractivity contribution in [2.45, 2.75) is 6.42 Å². The van der Waals surface area contributed by atoms with Gasteiger partial charge in [-0.1, -0.05) is 60.4 Å². The van der Waals surface area contributed by atoms with Gasteiger partial charge in [0.25, 0.3) is 5.91 Å². The van der Waals surface area contributed by atoms with Crippen LogP contribution in [0.2, 0.25) is 0 Å². The fourth-order valence-corrected chi connectivity index (χ4v) is 4.09. The van der Waals surface area contributed by atoms with E-state index in [2.05, 4.69) is 6.58 Å². The first-order valence-electron chi connectivity index (χ1n) is 9.48. The molecule has 7 heteroatoms. The second-order valence-corrected chi connectivity index (χ2v) is 8.00. The summed E-state index contributed by atoms with van der Waals surface area (Å²) in [5, 5.41) is 0. The molecule has 1 saturated heterocycles. The van der Waals surface area contributed by atoms with Crippen molar-refractivity contribution in [2.24, 2.45) is 0 Å². The number of rotatable bonds is 10. The highest BCUT2D eigenvalue weighted by Crippen LogP contribution is 2.34. The van der Waals surface area contributed by atoms with Crippen LogP contribution in [0.4, 0.5) is 0 Å². The van der Waals surface area contributed by atoms with Crippen molar-refractivity contribution in [2.75, 3.05) is 26.9 Å². The Hall–Kier alpha value is -2.77. The second kappa shape index (κ2) is 10.8. The van der Waals surface area contributed by atoms with Gasteiger partial charge in [0, 0.05) is 18.5 Å². The third kappa shape index (κ3) is 5.43. The van der Waals surface area contributed by atoms with E-state index in [-0.39, 0.29) is 5.91 Å². The van der Waals surface area contributed by atoms with Crippen molar-refractivity contribution in [1.82, 2.24) is 4.90 Å². The number of ether oxygens (including phenoxy) is 3. The van der Waals surface area contributed by atoms with E-state index in [0.29, 0.717) is 52.7 Å². The molecule has 1 aliphatic heterocycles. The summed E-state index contributed by atoms with van der Waals surface area (Å²) >= 11 is 6.58. The van der Waals surface area contributed by atoms with E-state index in [1.807, 2.05) is 54.6 Å². The van der Waals surface area contributed by atoms with Crippen molar-refractivity contribution < 1.29 is 19.0 Å². The monoisotopic (exact) mass is 441 g/mol. The third-order valence-corrected chi connectivity index (χ3v) is 5.64. The Labute approximate surface area is 186 Å². The van der Waals surface area contributed by atoms with Gasteiger partial charge >= 0.3 is 0 Å². The van der Waals surface area contributed by atoms with E-state index in [1.165, 1.54) is 16.7 Å². The molecule has 3 rings (SSSR count). The lowest BCUT2D eigenvalue weighted by molar-refractivity contribution is -0.121. The molecule has 0 N–H and O–H groups in total. The molecule has 0 radical (unpaired) electrons. The Morgan fingerprint density at radius 3 is 2.37 bits per heavy atom. The van der Waals surface area contributed by atoms with E-state index >= 15 is 0 Å². The minimum Gasteiger partial charge on any atom is -0.493 e. The maximum atomic E-state index is 12.5. The van der Waals surface area contributed by atoms with Crippen LogP contribution in [-0.2, 0) is 4.79 Å². The van der Waals surface area contributed by atoms with Crippen molar-refractivity contribution in [3.05, 3.63) is 71.7 Å². The topological polar surface area (TPSA) is 48.0 Å². The van der Waals surface area contributed by atoms with E-state index in [1.54, 1.807) is 13.2 Å². The molecule has 0 aliphatic carbocycles. The summed E-state index contributed by atoms with van der Waals surface area (Å²) in [4.78, 5) is 14.7. The van der Waals surface area contributed by atoms with Crippen molar-refractivity contribution >= 4 is 40.3 Å². The summed E-state index contributed by atoms with van der Waals surface area (Å²) in [5.41, 5.74) is 0.835. The standard InChI is InChI=1S/C23H23NO4S2/c1-3-13-24-22(25)21(30-23(24)29)16-17-9-4-5-10-18(17)27-14-8-15-28-20-12-7-6-11-19(20)26-2/h3-7,9-12,16H,1,8,13-15H2,2H3. The molecule has 2 aromatic carbocycles. The first kappa shape index (κ1) is 21.9. The van der Waals surface area contributed by atoms with Crippen molar-refractivity contribution in [1.29, 1.82) is 0 Å². The number of amides is 1. The molecule has 5 nitrogen and oxygen atoms in total. The highest BCUT2D eigenvalue weighted by molar-refractivity contribution is 8.26. The minimum atomic E-state index is -0.107. The largest absolute Gasteiger partial charge is 0.493 e. The second-order valence-electron chi connectivity index (χ2n) is 6.32. The molecule has 1 aliphatic rings. The van der Waals surface area contributed by atoms with Gasteiger partial charge in [0.2, 0.25) is 0 Å². The zero-order chi connectivity index (χ0) is 21.3. The smallest absolute Gasteiger partial charge is 0.266 e. The molecule has 0 atom stereocenters. The van der Waals surface area contributed by atoms with Crippen LogP contribution in [0.15, 0.2) is 66.1 Å². The van der Waals surface area contributed by atoms with E-state index in [4.69, 9.17) is 26.4 Å². The lowest BCUT2D eigenvalue weighted by Crippen LogP contribution is -2.27. The Morgan fingerprint density at radius 2 is 1.67 bits per heavy atom. The van der Waals surface area contributed by atoms with Crippen molar-refractivity contribution in [3.8, 4) is 17.2 Å². The molecule has 0 unspecified atom stereocenters. The van der Waals surface area contributed by atoms with Crippen LogP contribution in [-0.4, -0.2) is 42.0 Å². The number of para-hydroxylation sites is 3. The zero-order valence-corrected chi connectivity index (χ0v) is 18.3. The summed E-state index contributed by atoms with van der Waals surface area (Å²) in [6.07, 6.45) is 4.19. The molecule has 0 bridgehead atoms. The van der Waals surface area contributed by atoms with Gasteiger partial charge in [0.1, 0.15) is 10.1 Å². The van der Waals surface area contributed by atoms with Crippen LogP contribution >= 0.6 is 24.0 Å². The Bertz CT molecular complexity index is 958. The highest BCUT2D eigenvalue weighted by atomic mass is 32.2. The van der Waals surface area contributed by atoms with E-state index < -0.39 is 0 Å². The number of hydrogen-bond donors (Lipinski definition) is 0. The van der Waals surface area contributed by atoms with E-state index in [9.17, 15) is 4.79 Å². The normalized spacial score (nSPS) is 14.8. The molecule has 156 valence electrons. The van der Waals surface area contributed by atoms with Crippen LogP contribution in [0.25, 0.3) is 6.08 Å². The molecule has 0 spiro atoms. The maximum absolute atomic E-state index is 12.5. The Kier molecular flexibility index (Phi) is 7.93. The summed E-state index contributed by atoms with van der Waals surface area (Å²) in [5.74, 6) is 2.02. The van der Waals surface area contributed by atoms with Gasteiger partial charge in [0.05, 0.1) is 25.2 Å². The molecular weight excluding hydrogens is 418 g/mol. The fourth-order valence-electron chi connectivity index (χ4n) is 2.82. The van der Waals surface area contributed by atoms with Crippen LogP contribution in [0.1, 0.15) is 12.0 Å². The number of benzene rings is 2. The first-order valence-corrected chi connectivity index (χ1v) is 10.7. The molecule has 1 amide bonds. The van der Waals surface area contributed by atoms with Crippen LogP contribution in [0.3, 0.4) is 0 Å². The van der Waals surface area contributed by atoms with Crippen LogP contribution in [0, 0.1) is 0 Å². The summed E-state index contributed by atoms with van der Waals surface area (Å²) in [6.45, 7) is 5.07. The first-order chi connectivity index (χ1) is 14.6. The number of carbonyl (C=O) groups is 1. The van der Waals surface area contributed by atoms with Gasteiger partial charge in [-0.25, -0.2) is 0 Å². The summed E-state index contributed by atoms with van der Waals surface area (Å²) < 4.78 is 17.5. The van der Waals surface area contributed by atoms with Gasteiger partial charge in [-0.15, -0.1) is 6.58 Å². The molecule has 1 heterocycles. The van der Waals surface area contributed by atoms with E-state index in [0.717, 1.165) is 5.56 Å². The highest BCUT2D eigenvalue weighted by Gasteiger charge is 2.31. The SMILES string of the molecule is C=CCN1C(=O)C(=Cc2ccccc2OCCCOc2ccccc2OC)SC1=S. The lowest BCUT2D eigenvalue weighted by Gasteiger charge is -2.12. The number of thioether (sulfide) groups is 1. The summed E-state index contributed by atoms with van der Waals surface area (Å²) in [6, 6.07) is 15.2. The number of thiocarbonyl (C=S) groups is 1. The van der Waals surface area contributed by atoms with Crippen LogP contribution in [0.5, 0.6) is 17.2 Å². The summed E-state index contributed by atoms with van der Waals surface area (Å²) in [7, 11) is 1.62. The average molecular weight is 442 g/mol. The van der Waals surface area contributed by atoms with Crippen molar-refractivity contribution in [3.63, 3.8) is 0 Å². The lowest BCUT2D eigenvalue weighted by atomic mass is 10.2. The number of carbonyl (C=O) groups excluding carboxylic acids is 1. The third-order valence-electron chi connectivity index (χ3n) is 4.26. The maximum Gasteiger partial charge on any atom is 0.266 e. The minimum absolute atomic E-state index is 0.107. The Morgan fingerprint density at radius 1 is 1.03 bits per heavy atom. The molecular formula is C23H23NO4S2. The Balaban J connectivity index is 1.58. The van der Waals surface area contributed by atoms with Gasteiger partial charge in [-0.2, -0.15) is 0 Å². The van der Waals surface area contributed by atoms with Gasteiger partial charge < -0.3 is 14.2 Å². The fraction of sp³-hybridized carbons (Fsp3) is 0.217. The number of hydrogen-bond acceptors (Lipinski definition) is 6. The number of nitrogens with zero attached hydrogens (tertiary/aromatic N) is 1. The average Bonchev–Trinajstić information content (AvgIpc) is 3.02. The predicted octanol–water partition coefficient (Wildman–Crippen LogP) is 4.93. The molecule has 2 aromatic rings. The van der Waals surface area contributed by atoms with Gasteiger partial charge in [-0.3, -0.25) is 9.69 Å². The quantitative estimate of drug-likeness (QED) is 0.226. The number of methoxy groups -OCH3 is 1. The van der Waals surface area contributed by atoms with Gasteiger partial charge in [0.15, 0.2) is 11.5 Å². The molecule has 0 saturated carbocycles. The molecule has 30 heavy (non-hydrogen) atoms. The molecule has 1 fully saturated rings.